The van der Waals surface area contributed by atoms with Crippen molar-refractivity contribution in [3.8, 4) is 0 Å². The Balaban J connectivity index is 2.74. The minimum atomic E-state index is -4.95. The molecule has 5 heteroatoms. The zero-order chi connectivity index (χ0) is 9.03. The SMILES string of the molecule is O=S(F)(F)=NCc1ccccc1. The van der Waals surface area contributed by atoms with Crippen molar-refractivity contribution >= 4 is 10.5 Å². The van der Waals surface area contributed by atoms with Crippen molar-refractivity contribution in [3.05, 3.63) is 35.9 Å². The summed E-state index contributed by atoms with van der Waals surface area (Å²) in [5.41, 5.74) is 0.625. The maximum absolute atomic E-state index is 11.8. The molecule has 2 nitrogen and oxygen atoms in total. The van der Waals surface area contributed by atoms with Gasteiger partial charge < -0.3 is 0 Å². The first-order chi connectivity index (χ1) is 5.58. The summed E-state index contributed by atoms with van der Waals surface area (Å²) in [5, 5.41) is 0. The van der Waals surface area contributed by atoms with Crippen LogP contribution in [-0.4, -0.2) is 4.21 Å². The fourth-order valence-electron chi connectivity index (χ4n) is 0.733. The summed E-state index contributed by atoms with van der Waals surface area (Å²) in [6.45, 7) is -0.202. The molecule has 0 aromatic heterocycles. The summed E-state index contributed by atoms with van der Waals surface area (Å²) in [4.78, 5) is 0. The number of benzene rings is 1. The number of rotatable bonds is 2. The Labute approximate surface area is 70.0 Å². The van der Waals surface area contributed by atoms with E-state index in [1.807, 2.05) is 0 Å². The van der Waals surface area contributed by atoms with Crippen molar-refractivity contribution in [1.82, 2.24) is 0 Å². The van der Waals surface area contributed by atoms with E-state index < -0.39 is 10.5 Å². The van der Waals surface area contributed by atoms with Gasteiger partial charge in [-0.1, -0.05) is 38.1 Å². The Kier molecular flexibility index (Phi) is 2.75. The monoisotopic (exact) mass is 191 g/mol. The van der Waals surface area contributed by atoms with Gasteiger partial charge in [-0.3, -0.25) is 0 Å². The molecule has 1 aromatic carbocycles. The second-order valence-electron chi connectivity index (χ2n) is 2.17. The molecule has 0 N–H and O–H groups in total. The van der Waals surface area contributed by atoms with E-state index in [0.717, 1.165) is 0 Å². The van der Waals surface area contributed by atoms with E-state index >= 15 is 0 Å². The van der Waals surface area contributed by atoms with Crippen LogP contribution in [0.2, 0.25) is 0 Å². The quantitative estimate of drug-likeness (QED) is 0.660. The summed E-state index contributed by atoms with van der Waals surface area (Å²) < 4.78 is 36.1. The van der Waals surface area contributed by atoms with Gasteiger partial charge in [0.25, 0.3) is 0 Å². The second-order valence-corrected chi connectivity index (χ2v) is 3.22. The molecule has 1 rings (SSSR count). The van der Waals surface area contributed by atoms with E-state index in [2.05, 4.69) is 4.36 Å². The van der Waals surface area contributed by atoms with Gasteiger partial charge >= 0.3 is 10.5 Å². The highest BCUT2D eigenvalue weighted by Crippen LogP contribution is 2.05. The molecule has 0 heterocycles. The highest BCUT2D eigenvalue weighted by molar-refractivity contribution is 7.83. The van der Waals surface area contributed by atoms with Crippen LogP contribution in [0.15, 0.2) is 34.7 Å². The van der Waals surface area contributed by atoms with Crippen LogP contribution in [0.25, 0.3) is 0 Å². The third-order valence-corrected chi connectivity index (χ3v) is 1.67. The molecule has 1 aromatic rings. The minimum absolute atomic E-state index is 0.202. The van der Waals surface area contributed by atoms with Crippen LogP contribution >= 0.6 is 0 Å². The molecule has 0 amide bonds. The fourth-order valence-corrected chi connectivity index (χ4v) is 1.03. The Morgan fingerprint density at radius 1 is 1.25 bits per heavy atom. The number of nitrogens with zero attached hydrogens (tertiary/aromatic N) is 1. The first-order valence-electron chi connectivity index (χ1n) is 3.24. The first kappa shape index (κ1) is 9.12. The average molecular weight is 191 g/mol. The van der Waals surface area contributed by atoms with Crippen molar-refractivity contribution in [2.24, 2.45) is 4.36 Å². The number of halogens is 2. The topological polar surface area (TPSA) is 29.4 Å². The molecular formula is C7H7F2NOS. The van der Waals surface area contributed by atoms with Gasteiger partial charge in [0.05, 0.1) is 6.54 Å². The smallest absolute Gasteiger partial charge is 0.180 e. The molecule has 0 aliphatic carbocycles. The van der Waals surface area contributed by atoms with Gasteiger partial charge in [-0.15, -0.1) is 0 Å². The molecular weight excluding hydrogens is 184 g/mol. The highest BCUT2D eigenvalue weighted by atomic mass is 32.3. The van der Waals surface area contributed by atoms with Crippen molar-refractivity contribution in [1.29, 1.82) is 0 Å². The first-order valence-corrected chi connectivity index (χ1v) is 4.55. The molecule has 0 saturated carbocycles. The summed E-state index contributed by atoms with van der Waals surface area (Å²) in [7, 11) is -4.95. The van der Waals surface area contributed by atoms with Crippen LogP contribution in [-0.2, 0) is 17.0 Å². The third kappa shape index (κ3) is 3.43. The average Bonchev–Trinajstić information content (AvgIpc) is 2.02. The summed E-state index contributed by atoms with van der Waals surface area (Å²) in [6, 6.07) is 8.49. The minimum Gasteiger partial charge on any atom is -0.180 e. The zero-order valence-electron chi connectivity index (χ0n) is 6.11. The molecule has 0 bridgehead atoms. The molecule has 0 unspecified atom stereocenters. The van der Waals surface area contributed by atoms with Crippen molar-refractivity contribution in [2.75, 3.05) is 0 Å². The molecule has 0 fully saturated rings. The lowest BCUT2D eigenvalue weighted by atomic mass is 10.2. The molecule has 0 aliphatic rings. The van der Waals surface area contributed by atoms with E-state index in [4.69, 9.17) is 0 Å². The molecule has 0 radical (unpaired) electrons. The molecule has 0 atom stereocenters. The summed E-state index contributed by atoms with van der Waals surface area (Å²) >= 11 is 0. The normalized spacial score (nSPS) is 11.2. The van der Waals surface area contributed by atoms with Gasteiger partial charge in [0.1, 0.15) is 0 Å². The molecule has 0 aliphatic heterocycles. The van der Waals surface area contributed by atoms with Gasteiger partial charge in [0.2, 0.25) is 0 Å². The van der Waals surface area contributed by atoms with Gasteiger partial charge in [0, 0.05) is 0 Å². The van der Waals surface area contributed by atoms with Crippen LogP contribution in [0.1, 0.15) is 5.56 Å². The molecule has 66 valence electrons. The van der Waals surface area contributed by atoms with Crippen molar-refractivity contribution in [3.63, 3.8) is 0 Å². The lowest BCUT2D eigenvalue weighted by molar-refractivity contribution is 0.584. The van der Waals surface area contributed by atoms with E-state index in [-0.39, 0.29) is 6.54 Å². The fraction of sp³-hybridized carbons (Fsp3) is 0.143. The van der Waals surface area contributed by atoms with Crippen LogP contribution in [0.5, 0.6) is 0 Å². The number of hydrogen-bond acceptors (Lipinski definition) is 2. The van der Waals surface area contributed by atoms with Gasteiger partial charge in [0.15, 0.2) is 0 Å². The molecule has 0 spiro atoms. The van der Waals surface area contributed by atoms with Gasteiger partial charge in [-0.05, 0) is 5.56 Å². The van der Waals surface area contributed by atoms with Crippen molar-refractivity contribution in [2.45, 2.75) is 6.54 Å². The van der Waals surface area contributed by atoms with Gasteiger partial charge in [-0.2, -0.15) is 8.57 Å². The van der Waals surface area contributed by atoms with E-state index in [1.165, 1.54) is 0 Å². The van der Waals surface area contributed by atoms with Crippen LogP contribution in [0.4, 0.5) is 7.77 Å². The second kappa shape index (κ2) is 3.62. The van der Waals surface area contributed by atoms with E-state index in [9.17, 15) is 12.0 Å². The Morgan fingerprint density at radius 3 is 2.33 bits per heavy atom. The lowest BCUT2D eigenvalue weighted by Gasteiger charge is -1.92. The molecule has 12 heavy (non-hydrogen) atoms. The lowest BCUT2D eigenvalue weighted by Crippen LogP contribution is -1.83. The summed E-state index contributed by atoms with van der Waals surface area (Å²) in [5.74, 6) is 0. The maximum Gasteiger partial charge on any atom is 0.367 e. The molecule has 0 saturated heterocycles. The predicted molar refractivity (Wildman–Crippen MR) is 42.9 cm³/mol. The van der Waals surface area contributed by atoms with E-state index in [0.29, 0.717) is 5.56 Å². The standard InChI is InChI=1S/C7H7F2NOS/c8-12(9,11)10-6-7-4-2-1-3-5-7/h1-5H,6H2. The highest BCUT2D eigenvalue weighted by Gasteiger charge is 1.99. The zero-order valence-corrected chi connectivity index (χ0v) is 6.93. The maximum atomic E-state index is 11.8. The van der Waals surface area contributed by atoms with Crippen LogP contribution in [0.3, 0.4) is 0 Å². The predicted octanol–water partition coefficient (Wildman–Crippen LogP) is 2.42. The Bertz CT molecular complexity index is 349. The van der Waals surface area contributed by atoms with Crippen molar-refractivity contribution < 1.29 is 12.0 Å². The largest absolute Gasteiger partial charge is 0.367 e. The van der Waals surface area contributed by atoms with Crippen LogP contribution < -0.4 is 0 Å². The van der Waals surface area contributed by atoms with Gasteiger partial charge in [-0.25, -0.2) is 0 Å². The third-order valence-electron chi connectivity index (χ3n) is 1.24. The van der Waals surface area contributed by atoms with E-state index in [1.54, 1.807) is 30.3 Å². The van der Waals surface area contributed by atoms with Crippen LogP contribution in [0, 0.1) is 0 Å². The number of hydrogen-bond donors (Lipinski definition) is 0. The summed E-state index contributed by atoms with van der Waals surface area (Å²) in [6.07, 6.45) is 0. The Hall–Kier alpha value is -0.970. The Morgan fingerprint density at radius 2 is 1.83 bits per heavy atom.